The van der Waals surface area contributed by atoms with Crippen molar-refractivity contribution in [2.24, 2.45) is 16.6 Å². The van der Waals surface area contributed by atoms with Gasteiger partial charge in [-0.3, -0.25) is 4.99 Å². The largest absolute Gasteiger partial charge is 0.370 e. The van der Waals surface area contributed by atoms with Crippen LogP contribution in [-0.4, -0.2) is 43.9 Å². The lowest BCUT2D eigenvalue weighted by molar-refractivity contribution is 0.460. The van der Waals surface area contributed by atoms with E-state index in [0.29, 0.717) is 29.8 Å². The zero-order valence-electron chi connectivity index (χ0n) is 13.7. The van der Waals surface area contributed by atoms with Gasteiger partial charge < -0.3 is 11.1 Å². The van der Waals surface area contributed by atoms with Gasteiger partial charge in [-0.1, -0.05) is 6.07 Å². The van der Waals surface area contributed by atoms with Crippen LogP contribution in [0.4, 0.5) is 0 Å². The van der Waals surface area contributed by atoms with E-state index in [-0.39, 0.29) is 35.4 Å². The number of halogens is 1. The molecule has 1 aliphatic heterocycles. The van der Waals surface area contributed by atoms with Gasteiger partial charge in [-0.15, -0.1) is 35.3 Å². The van der Waals surface area contributed by atoms with Gasteiger partial charge in [-0.25, -0.2) is 8.42 Å². The lowest BCUT2D eigenvalue weighted by Crippen LogP contribution is -2.45. The third-order valence-electron chi connectivity index (χ3n) is 3.36. The molecule has 1 atom stereocenters. The fraction of sp³-hybridized carbons (Fsp3) is 0.643. The second kappa shape index (κ2) is 8.13. The average Bonchev–Trinajstić information content (AvgIpc) is 3.06. The Morgan fingerprint density at radius 2 is 2.22 bits per heavy atom. The first kappa shape index (κ1) is 20.7. The lowest BCUT2D eigenvalue weighted by Gasteiger charge is -2.21. The van der Waals surface area contributed by atoms with E-state index >= 15 is 0 Å². The molecular formula is C14H25IN4O2S2. The van der Waals surface area contributed by atoms with Gasteiger partial charge in [-0.2, -0.15) is 4.31 Å². The number of hydrogen-bond donors (Lipinski definition) is 2. The van der Waals surface area contributed by atoms with Gasteiger partial charge in [0.2, 0.25) is 0 Å². The van der Waals surface area contributed by atoms with E-state index < -0.39 is 10.0 Å². The molecule has 0 aliphatic carbocycles. The van der Waals surface area contributed by atoms with Crippen LogP contribution in [0.15, 0.2) is 26.7 Å². The second-order valence-corrected chi connectivity index (χ2v) is 9.66. The monoisotopic (exact) mass is 472 g/mol. The maximum atomic E-state index is 12.4. The summed E-state index contributed by atoms with van der Waals surface area (Å²) in [4.78, 5) is 4.34. The maximum absolute atomic E-state index is 12.4. The molecule has 0 bridgehead atoms. The molecule has 0 radical (unpaired) electrons. The van der Waals surface area contributed by atoms with Crippen LogP contribution in [0.1, 0.15) is 27.2 Å². The van der Waals surface area contributed by atoms with Gasteiger partial charge in [0.25, 0.3) is 10.0 Å². The zero-order valence-corrected chi connectivity index (χ0v) is 17.6. The van der Waals surface area contributed by atoms with E-state index in [0.717, 1.165) is 6.42 Å². The second-order valence-electron chi connectivity index (χ2n) is 6.55. The SMILES string of the molecule is CC(C)(C)NC(N)=NCC1CCN(S(=O)(=O)c2cccs2)C1.I. The number of sulfonamides is 1. The molecule has 1 unspecified atom stereocenters. The van der Waals surface area contributed by atoms with Crippen LogP contribution in [0.2, 0.25) is 0 Å². The van der Waals surface area contributed by atoms with Crippen LogP contribution in [0.25, 0.3) is 0 Å². The molecule has 23 heavy (non-hydrogen) atoms. The number of guanidine groups is 1. The van der Waals surface area contributed by atoms with Crippen molar-refractivity contribution in [1.29, 1.82) is 0 Å². The van der Waals surface area contributed by atoms with Crippen molar-refractivity contribution in [2.75, 3.05) is 19.6 Å². The predicted octanol–water partition coefficient (Wildman–Crippen LogP) is 2.08. The van der Waals surface area contributed by atoms with Gasteiger partial charge in [-0.05, 0) is 44.6 Å². The van der Waals surface area contributed by atoms with Crippen LogP contribution in [0.3, 0.4) is 0 Å². The van der Waals surface area contributed by atoms with Crippen molar-refractivity contribution in [1.82, 2.24) is 9.62 Å². The Hall–Kier alpha value is -0.390. The highest BCUT2D eigenvalue weighted by Gasteiger charge is 2.32. The first-order valence-electron chi connectivity index (χ1n) is 7.30. The highest BCUT2D eigenvalue weighted by molar-refractivity contribution is 14.0. The Morgan fingerprint density at radius 1 is 1.52 bits per heavy atom. The summed E-state index contributed by atoms with van der Waals surface area (Å²) in [7, 11) is -3.34. The number of nitrogens with zero attached hydrogens (tertiary/aromatic N) is 2. The topological polar surface area (TPSA) is 87.8 Å². The van der Waals surface area contributed by atoms with Crippen LogP contribution in [0.5, 0.6) is 0 Å². The third kappa shape index (κ3) is 5.87. The molecule has 0 aromatic carbocycles. The smallest absolute Gasteiger partial charge is 0.252 e. The van der Waals surface area contributed by atoms with E-state index in [1.165, 1.54) is 11.3 Å². The molecule has 132 valence electrons. The normalized spacial score (nSPS) is 20.3. The number of thiophene rings is 1. The van der Waals surface area contributed by atoms with Crippen LogP contribution < -0.4 is 11.1 Å². The number of aliphatic imine (C=N–C) groups is 1. The number of nitrogens with two attached hydrogens (primary N) is 1. The van der Waals surface area contributed by atoms with Gasteiger partial charge >= 0.3 is 0 Å². The molecule has 1 aromatic heterocycles. The molecule has 1 saturated heterocycles. The lowest BCUT2D eigenvalue weighted by atomic mass is 10.1. The molecule has 2 heterocycles. The van der Waals surface area contributed by atoms with E-state index in [1.54, 1.807) is 21.8 Å². The fourth-order valence-electron chi connectivity index (χ4n) is 2.35. The molecule has 9 heteroatoms. The first-order chi connectivity index (χ1) is 10.2. The van der Waals surface area contributed by atoms with E-state index in [4.69, 9.17) is 5.73 Å². The Kier molecular flexibility index (Phi) is 7.30. The van der Waals surface area contributed by atoms with E-state index in [1.807, 2.05) is 20.8 Å². The highest BCUT2D eigenvalue weighted by atomic mass is 127. The summed E-state index contributed by atoms with van der Waals surface area (Å²) in [6, 6.07) is 3.41. The molecule has 0 amide bonds. The van der Waals surface area contributed by atoms with Crippen molar-refractivity contribution in [3.05, 3.63) is 17.5 Å². The van der Waals surface area contributed by atoms with Crippen LogP contribution in [-0.2, 0) is 10.0 Å². The average molecular weight is 472 g/mol. The minimum atomic E-state index is -3.34. The number of rotatable bonds is 4. The van der Waals surface area contributed by atoms with Crippen molar-refractivity contribution in [2.45, 2.75) is 36.9 Å². The molecule has 3 N–H and O–H groups in total. The molecule has 1 aromatic rings. The van der Waals surface area contributed by atoms with Crippen molar-refractivity contribution in [3.8, 4) is 0 Å². The molecule has 0 spiro atoms. The van der Waals surface area contributed by atoms with Gasteiger partial charge in [0.1, 0.15) is 4.21 Å². The number of hydrogen-bond acceptors (Lipinski definition) is 4. The van der Waals surface area contributed by atoms with Crippen LogP contribution >= 0.6 is 35.3 Å². The van der Waals surface area contributed by atoms with Gasteiger partial charge in [0, 0.05) is 25.2 Å². The Balaban J connectivity index is 0.00000264. The van der Waals surface area contributed by atoms with Crippen LogP contribution in [0, 0.1) is 5.92 Å². The summed E-state index contributed by atoms with van der Waals surface area (Å²) >= 11 is 1.26. The van der Waals surface area contributed by atoms with Gasteiger partial charge in [0.15, 0.2) is 5.96 Å². The fourth-order valence-corrected chi connectivity index (χ4v) is 5.03. The molecular weight excluding hydrogens is 447 g/mol. The third-order valence-corrected chi connectivity index (χ3v) is 6.60. The molecule has 0 saturated carbocycles. The minimum absolute atomic E-state index is 0. The summed E-state index contributed by atoms with van der Waals surface area (Å²) < 4.78 is 26.8. The molecule has 1 fully saturated rings. The Labute approximate surface area is 159 Å². The predicted molar refractivity (Wildman–Crippen MR) is 106 cm³/mol. The summed E-state index contributed by atoms with van der Waals surface area (Å²) in [5.74, 6) is 0.627. The van der Waals surface area contributed by atoms with Crippen molar-refractivity contribution in [3.63, 3.8) is 0 Å². The van der Waals surface area contributed by atoms with Crippen molar-refractivity contribution >= 4 is 51.3 Å². The summed E-state index contributed by atoms with van der Waals surface area (Å²) in [5.41, 5.74) is 5.72. The maximum Gasteiger partial charge on any atom is 0.252 e. The summed E-state index contributed by atoms with van der Waals surface area (Å²) in [5, 5.41) is 4.89. The van der Waals surface area contributed by atoms with E-state index in [9.17, 15) is 8.42 Å². The summed E-state index contributed by atoms with van der Waals surface area (Å²) in [6.45, 7) is 7.64. The summed E-state index contributed by atoms with van der Waals surface area (Å²) in [6.07, 6.45) is 0.816. The van der Waals surface area contributed by atoms with Crippen molar-refractivity contribution < 1.29 is 8.42 Å². The Bertz CT molecular complexity index is 624. The quantitative estimate of drug-likeness (QED) is 0.399. The highest BCUT2D eigenvalue weighted by Crippen LogP contribution is 2.26. The number of nitrogens with one attached hydrogen (secondary N) is 1. The molecule has 2 rings (SSSR count). The minimum Gasteiger partial charge on any atom is -0.370 e. The Morgan fingerprint density at radius 3 is 2.78 bits per heavy atom. The zero-order chi connectivity index (χ0) is 16.4. The van der Waals surface area contributed by atoms with E-state index in [2.05, 4.69) is 10.3 Å². The van der Waals surface area contributed by atoms with Gasteiger partial charge in [0.05, 0.1) is 0 Å². The standard InChI is InChI=1S/C14H24N4O2S2.HI/c1-14(2,3)17-13(15)16-9-11-6-7-18(10-11)22(19,20)12-5-4-8-21-12;/h4-5,8,11H,6-7,9-10H2,1-3H3,(H3,15,16,17);1H. The first-order valence-corrected chi connectivity index (χ1v) is 9.62. The molecule has 1 aliphatic rings. The molecule has 6 nitrogen and oxygen atoms in total.